The van der Waals surface area contributed by atoms with E-state index in [9.17, 15) is 9.18 Å². The van der Waals surface area contributed by atoms with E-state index in [0.29, 0.717) is 39.1 Å². The second-order valence-electron chi connectivity index (χ2n) is 4.65. The number of carbonyl (C=O) groups excluding carboxylic acids is 1. The fraction of sp³-hybridized carbons (Fsp3) is 0.500. The predicted octanol–water partition coefficient (Wildman–Crippen LogP) is 1.89. The summed E-state index contributed by atoms with van der Waals surface area (Å²) in [6.45, 7) is 2.07. The highest BCUT2D eigenvalue weighted by Gasteiger charge is 2.25. The van der Waals surface area contributed by atoms with Gasteiger partial charge in [0, 0.05) is 13.0 Å². The van der Waals surface area contributed by atoms with Crippen molar-refractivity contribution in [3.63, 3.8) is 0 Å². The van der Waals surface area contributed by atoms with E-state index in [4.69, 9.17) is 10.5 Å². The molecule has 1 aliphatic rings. The van der Waals surface area contributed by atoms with E-state index in [1.165, 1.54) is 12.1 Å². The molecular weight excluding hydrogens is 283 g/mol. The smallest absolute Gasteiger partial charge is 0.222 e. The molecule has 1 fully saturated rings. The van der Waals surface area contributed by atoms with Gasteiger partial charge < -0.3 is 15.4 Å². The third-order valence-electron chi connectivity index (χ3n) is 3.23. The van der Waals surface area contributed by atoms with Crippen molar-refractivity contribution in [3.8, 4) is 0 Å². The molecule has 1 aromatic carbocycles. The second-order valence-corrected chi connectivity index (χ2v) is 4.65. The van der Waals surface area contributed by atoms with Gasteiger partial charge in [-0.3, -0.25) is 4.79 Å². The first kappa shape index (κ1) is 16.9. The molecule has 1 atom stereocenters. The standard InChI is InChI=1S/C14H19FN2O2.ClH/c15-12-4-1-3-11(9-12)13-10-17(7-8-19-13)14(18)5-2-6-16;/h1,3-4,9,13H,2,5-8,10,16H2;1H. The Bertz CT molecular complexity index is 445. The van der Waals surface area contributed by atoms with Crippen LogP contribution in [0.2, 0.25) is 0 Å². The predicted molar refractivity (Wildman–Crippen MR) is 77.2 cm³/mol. The highest BCUT2D eigenvalue weighted by Crippen LogP contribution is 2.23. The van der Waals surface area contributed by atoms with E-state index in [1.807, 2.05) is 6.07 Å². The number of carbonyl (C=O) groups is 1. The fourth-order valence-electron chi connectivity index (χ4n) is 2.20. The van der Waals surface area contributed by atoms with Crippen molar-refractivity contribution in [2.24, 2.45) is 5.73 Å². The van der Waals surface area contributed by atoms with Gasteiger partial charge in [0.05, 0.1) is 13.2 Å². The molecule has 0 radical (unpaired) electrons. The number of hydrogen-bond acceptors (Lipinski definition) is 3. The number of rotatable bonds is 4. The number of halogens is 2. The monoisotopic (exact) mass is 302 g/mol. The van der Waals surface area contributed by atoms with Crippen LogP contribution in [-0.4, -0.2) is 37.0 Å². The summed E-state index contributed by atoms with van der Waals surface area (Å²) in [6.07, 6.45) is 0.916. The Hall–Kier alpha value is -1.17. The van der Waals surface area contributed by atoms with Gasteiger partial charge in [0.25, 0.3) is 0 Å². The van der Waals surface area contributed by atoms with E-state index in [2.05, 4.69) is 0 Å². The highest BCUT2D eigenvalue weighted by atomic mass is 35.5. The summed E-state index contributed by atoms with van der Waals surface area (Å²) in [6, 6.07) is 6.33. The summed E-state index contributed by atoms with van der Waals surface area (Å²) in [5.41, 5.74) is 6.18. The number of morpholine rings is 1. The first-order chi connectivity index (χ1) is 9.20. The molecule has 1 aliphatic heterocycles. The zero-order valence-electron chi connectivity index (χ0n) is 11.3. The van der Waals surface area contributed by atoms with Gasteiger partial charge in [-0.1, -0.05) is 12.1 Å². The summed E-state index contributed by atoms with van der Waals surface area (Å²) in [5.74, 6) is -0.192. The highest BCUT2D eigenvalue weighted by molar-refractivity contribution is 5.85. The summed E-state index contributed by atoms with van der Waals surface area (Å²) < 4.78 is 18.8. The zero-order chi connectivity index (χ0) is 13.7. The maximum absolute atomic E-state index is 13.2. The molecule has 1 aromatic rings. The van der Waals surface area contributed by atoms with Gasteiger partial charge in [0.15, 0.2) is 0 Å². The zero-order valence-corrected chi connectivity index (χ0v) is 12.1. The molecule has 1 amide bonds. The van der Waals surface area contributed by atoms with Crippen molar-refractivity contribution in [1.29, 1.82) is 0 Å². The molecule has 2 rings (SSSR count). The molecule has 0 bridgehead atoms. The van der Waals surface area contributed by atoms with E-state index in [-0.39, 0.29) is 30.2 Å². The minimum absolute atomic E-state index is 0. The van der Waals surface area contributed by atoms with Crippen LogP contribution in [0.1, 0.15) is 24.5 Å². The van der Waals surface area contributed by atoms with Crippen molar-refractivity contribution >= 4 is 18.3 Å². The van der Waals surface area contributed by atoms with Crippen LogP contribution in [0.3, 0.4) is 0 Å². The van der Waals surface area contributed by atoms with Gasteiger partial charge in [-0.25, -0.2) is 4.39 Å². The molecule has 4 nitrogen and oxygen atoms in total. The van der Waals surface area contributed by atoms with Gasteiger partial charge in [-0.15, -0.1) is 12.4 Å². The molecule has 20 heavy (non-hydrogen) atoms. The molecule has 0 spiro atoms. The third kappa shape index (κ3) is 4.44. The van der Waals surface area contributed by atoms with Crippen LogP contribution in [0, 0.1) is 5.82 Å². The lowest BCUT2D eigenvalue weighted by molar-refractivity contribution is -0.139. The number of nitrogens with zero attached hydrogens (tertiary/aromatic N) is 1. The first-order valence-corrected chi connectivity index (χ1v) is 6.55. The van der Waals surface area contributed by atoms with Crippen LogP contribution in [0.5, 0.6) is 0 Å². The molecule has 1 saturated heterocycles. The largest absolute Gasteiger partial charge is 0.370 e. The van der Waals surface area contributed by atoms with Crippen LogP contribution in [0.25, 0.3) is 0 Å². The lowest BCUT2D eigenvalue weighted by Gasteiger charge is -2.33. The number of ether oxygens (including phenoxy) is 1. The number of nitrogens with two attached hydrogens (primary N) is 1. The lowest BCUT2D eigenvalue weighted by Crippen LogP contribution is -2.42. The lowest BCUT2D eigenvalue weighted by atomic mass is 10.1. The Labute approximate surface area is 124 Å². The maximum atomic E-state index is 13.2. The number of hydrogen-bond donors (Lipinski definition) is 1. The fourth-order valence-corrected chi connectivity index (χ4v) is 2.20. The molecule has 0 saturated carbocycles. The second kappa shape index (κ2) is 8.19. The Morgan fingerprint density at radius 3 is 3.00 bits per heavy atom. The van der Waals surface area contributed by atoms with Crippen LogP contribution in [-0.2, 0) is 9.53 Å². The molecule has 6 heteroatoms. The Kier molecular flexibility index (Phi) is 6.91. The SMILES string of the molecule is Cl.NCCCC(=O)N1CCOC(c2cccc(F)c2)C1. The van der Waals surface area contributed by atoms with Crippen molar-refractivity contribution in [3.05, 3.63) is 35.6 Å². The molecule has 0 aliphatic carbocycles. The summed E-state index contributed by atoms with van der Waals surface area (Å²) in [5, 5.41) is 0. The normalized spacial score (nSPS) is 18.5. The maximum Gasteiger partial charge on any atom is 0.222 e. The van der Waals surface area contributed by atoms with Crippen molar-refractivity contribution in [2.45, 2.75) is 18.9 Å². The average molecular weight is 303 g/mol. The van der Waals surface area contributed by atoms with Gasteiger partial charge in [0.1, 0.15) is 11.9 Å². The summed E-state index contributed by atoms with van der Waals surface area (Å²) in [4.78, 5) is 13.7. The van der Waals surface area contributed by atoms with E-state index >= 15 is 0 Å². The van der Waals surface area contributed by atoms with Gasteiger partial charge in [-0.2, -0.15) is 0 Å². The number of amides is 1. The summed E-state index contributed by atoms with van der Waals surface area (Å²) >= 11 is 0. The van der Waals surface area contributed by atoms with Crippen molar-refractivity contribution < 1.29 is 13.9 Å². The topological polar surface area (TPSA) is 55.6 Å². The minimum atomic E-state index is -0.285. The van der Waals surface area contributed by atoms with Gasteiger partial charge in [0.2, 0.25) is 5.91 Å². The minimum Gasteiger partial charge on any atom is -0.370 e. The van der Waals surface area contributed by atoms with Crippen LogP contribution >= 0.6 is 12.4 Å². The Balaban J connectivity index is 0.00000200. The quantitative estimate of drug-likeness (QED) is 0.924. The van der Waals surface area contributed by atoms with E-state index < -0.39 is 0 Å². The van der Waals surface area contributed by atoms with Crippen molar-refractivity contribution in [1.82, 2.24) is 4.90 Å². The Morgan fingerprint density at radius 1 is 1.50 bits per heavy atom. The van der Waals surface area contributed by atoms with Crippen LogP contribution in [0.15, 0.2) is 24.3 Å². The molecule has 2 N–H and O–H groups in total. The van der Waals surface area contributed by atoms with Crippen molar-refractivity contribution in [2.75, 3.05) is 26.2 Å². The number of benzene rings is 1. The average Bonchev–Trinajstić information content (AvgIpc) is 2.45. The molecule has 1 unspecified atom stereocenters. The molecule has 1 heterocycles. The Morgan fingerprint density at radius 2 is 2.30 bits per heavy atom. The third-order valence-corrected chi connectivity index (χ3v) is 3.23. The summed E-state index contributed by atoms with van der Waals surface area (Å²) in [7, 11) is 0. The molecule has 0 aromatic heterocycles. The van der Waals surface area contributed by atoms with Gasteiger partial charge in [-0.05, 0) is 30.7 Å². The van der Waals surface area contributed by atoms with Gasteiger partial charge >= 0.3 is 0 Å². The molecular formula is C14H20ClFN2O2. The van der Waals surface area contributed by atoms with Crippen LogP contribution < -0.4 is 5.73 Å². The van der Waals surface area contributed by atoms with Crippen LogP contribution in [0.4, 0.5) is 4.39 Å². The molecule has 112 valence electrons. The van der Waals surface area contributed by atoms with E-state index in [0.717, 1.165) is 5.56 Å². The van der Waals surface area contributed by atoms with E-state index in [1.54, 1.807) is 11.0 Å². The first-order valence-electron chi connectivity index (χ1n) is 6.55.